The monoisotopic (exact) mass is 414 g/mol. The number of carbonyl (C=O) groups is 2. The number of halogens is 1. The van der Waals surface area contributed by atoms with E-state index < -0.39 is 0 Å². The van der Waals surface area contributed by atoms with Crippen molar-refractivity contribution in [2.45, 2.75) is 31.0 Å². The quantitative estimate of drug-likeness (QED) is 0.621. The molecule has 3 aromatic rings. The zero-order valence-corrected chi connectivity index (χ0v) is 16.3. The maximum Gasteiger partial charge on any atom is 0.242 e. The summed E-state index contributed by atoms with van der Waals surface area (Å²) in [5.74, 6) is 1.86. The molecule has 0 aliphatic carbocycles. The van der Waals surface area contributed by atoms with Crippen molar-refractivity contribution in [2.75, 3.05) is 5.32 Å². The number of carbonyl (C=O) groups excluding carboxylic acids is 2. The van der Waals surface area contributed by atoms with Gasteiger partial charge in [-0.25, -0.2) is 9.07 Å². The first-order chi connectivity index (χ1) is 14.1. The molecule has 150 valence electrons. The molecular formula is C20H19FN4O3S. The molecule has 2 amide bonds. The summed E-state index contributed by atoms with van der Waals surface area (Å²) in [6, 6.07) is 9.34. The van der Waals surface area contributed by atoms with Crippen molar-refractivity contribution in [1.82, 2.24) is 15.1 Å². The number of furan rings is 1. The molecule has 0 unspecified atom stereocenters. The Hall–Kier alpha value is -3.07. The number of nitrogens with zero attached hydrogens (tertiary/aromatic N) is 2. The fourth-order valence-electron chi connectivity index (χ4n) is 3.08. The van der Waals surface area contributed by atoms with Gasteiger partial charge in [-0.3, -0.25) is 9.59 Å². The molecule has 0 atom stereocenters. The number of hydrogen-bond acceptors (Lipinski definition) is 5. The van der Waals surface area contributed by atoms with Gasteiger partial charge >= 0.3 is 0 Å². The molecule has 0 bridgehead atoms. The largest absolute Gasteiger partial charge is 0.467 e. The Bertz CT molecular complexity index is 1020. The summed E-state index contributed by atoms with van der Waals surface area (Å²) in [4.78, 5) is 24.8. The first-order valence-electron chi connectivity index (χ1n) is 9.08. The van der Waals surface area contributed by atoms with E-state index in [1.54, 1.807) is 42.3 Å². The second-order valence-electron chi connectivity index (χ2n) is 6.63. The van der Waals surface area contributed by atoms with Gasteiger partial charge in [0.2, 0.25) is 11.8 Å². The predicted molar refractivity (Wildman–Crippen MR) is 107 cm³/mol. The minimum absolute atomic E-state index is 0.00939. The van der Waals surface area contributed by atoms with E-state index in [1.807, 2.05) is 0 Å². The van der Waals surface area contributed by atoms with Gasteiger partial charge in [0.1, 0.15) is 23.9 Å². The highest BCUT2D eigenvalue weighted by Crippen LogP contribution is 2.34. The maximum atomic E-state index is 13.0. The number of rotatable bonds is 7. The van der Waals surface area contributed by atoms with E-state index in [2.05, 4.69) is 15.7 Å². The fraction of sp³-hybridized carbons (Fsp3) is 0.250. The van der Waals surface area contributed by atoms with E-state index in [0.717, 1.165) is 22.8 Å². The summed E-state index contributed by atoms with van der Waals surface area (Å²) >= 11 is 1.71. The van der Waals surface area contributed by atoms with Crippen LogP contribution in [0.4, 0.5) is 10.2 Å². The molecule has 1 aliphatic rings. The van der Waals surface area contributed by atoms with E-state index in [0.29, 0.717) is 17.1 Å². The third kappa shape index (κ3) is 4.68. The highest BCUT2D eigenvalue weighted by atomic mass is 32.2. The van der Waals surface area contributed by atoms with Crippen molar-refractivity contribution in [3.8, 4) is 0 Å². The number of thioether (sulfide) groups is 1. The van der Waals surface area contributed by atoms with Gasteiger partial charge in [0, 0.05) is 17.1 Å². The lowest BCUT2D eigenvalue weighted by Crippen LogP contribution is -2.29. The Morgan fingerprint density at radius 2 is 2.00 bits per heavy atom. The van der Waals surface area contributed by atoms with E-state index in [4.69, 9.17) is 4.42 Å². The van der Waals surface area contributed by atoms with Gasteiger partial charge in [0.05, 0.1) is 24.9 Å². The lowest BCUT2D eigenvalue weighted by atomic mass is 10.1. The van der Waals surface area contributed by atoms with Crippen LogP contribution in [-0.4, -0.2) is 21.6 Å². The first kappa shape index (κ1) is 19.3. The van der Waals surface area contributed by atoms with Crippen molar-refractivity contribution < 1.29 is 18.4 Å². The van der Waals surface area contributed by atoms with Crippen LogP contribution in [0.25, 0.3) is 0 Å². The topological polar surface area (TPSA) is 89.2 Å². The molecule has 2 aromatic heterocycles. The number of amides is 2. The number of anilines is 1. The molecule has 29 heavy (non-hydrogen) atoms. The van der Waals surface area contributed by atoms with Crippen molar-refractivity contribution in [1.29, 1.82) is 0 Å². The van der Waals surface area contributed by atoms with Crippen molar-refractivity contribution in [2.24, 2.45) is 0 Å². The highest BCUT2D eigenvalue weighted by molar-refractivity contribution is 7.98. The van der Waals surface area contributed by atoms with Gasteiger partial charge in [0.25, 0.3) is 0 Å². The third-order valence-corrected chi connectivity index (χ3v) is 5.46. The predicted octanol–water partition coefficient (Wildman–Crippen LogP) is 2.86. The molecule has 1 aliphatic heterocycles. The third-order valence-electron chi connectivity index (χ3n) is 4.49. The molecule has 1 aromatic carbocycles. The maximum absolute atomic E-state index is 13.0. The summed E-state index contributed by atoms with van der Waals surface area (Å²) in [6.45, 7) is 0.277. The van der Waals surface area contributed by atoms with Crippen LogP contribution in [0.15, 0.2) is 47.1 Å². The zero-order valence-electron chi connectivity index (χ0n) is 15.5. The van der Waals surface area contributed by atoms with Gasteiger partial charge in [-0.05, 0) is 29.8 Å². The number of benzene rings is 1. The van der Waals surface area contributed by atoms with Crippen molar-refractivity contribution in [3.63, 3.8) is 0 Å². The lowest BCUT2D eigenvalue weighted by molar-refractivity contribution is -0.122. The molecule has 0 fully saturated rings. The summed E-state index contributed by atoms with van der Waals surface area (Å²) in [5, 5.41) is 10.2. The Morgan fingerprint density at radius 1 is 1.17 bits per heavy atom. The van der Waals surface area contributed by atoms with E-state index >= 15 is 0 Å². The van der Waals surface area contributed by atoms with Crippen molar-refractivity contribution >= 4 is 29.4 Å². The molecule has 3 heterocycles. The van der Waals surface area contributed by atoms with E-state index in [9.17, 15) is 14.0 Å². The molecular weight excluding hydrogens is 395 g/mol. The second kappa shape index (κ2) is 8.52. The van der Waals surface area contributed by atoms with Crippen LogP contribution in [0.2, 0.25) is 0 Å². The minimum Gasteiger partial charge on any atom is -0.467 e. The smallest absolute Gasteiger partial charge is 0.242 e. The molecule has 9 heteroatoms. The van der Waals surface area contributed by atoms with Crippen LogP contribution in [0.3, 0.4) is 0 Å². The first-order valence-corrected chi connectivity index (χ1v) is 10.2. The van der Waals surface area contributed by atoms with Crippen LogP contribution in [0.5, 0.6) is 0 Å². The van der Waals surface area contributed by atoms with Gasteiger partial charge in [-0.2, -0.15) is 16.9 Å². The lowest BCUT2D eigenvalue weighted by Gasteiger charge is -2.11. The highest BCUT2D eigenvalue weighted by Gasteiger charge is 2.25. The molecule has 4 rings (SSSR count). The van der Waals surface area contributed by atoms with Gasteiger partial charge < -0.3 is 15.1 Å². The molecule has 2 N–H and O–H groups in total. The summed E-state index contributed by atoms with van der Waals surface area (Å²) in [7, 11) is 0. The average Bonchev–Trinajstić information content (AvgIpc) is 3.42. The van der Waals surface area contributed by atoms with Gasteiger partial charge in [-0.15, -0.1) is 0 Å². The van der Waals surface area contributed by atoms with Crippen LogP contribution in [0, 0.1) is 5.82 Å². The fourth-order valence-corrected chi connectivity index (χ4v) is 4.11. The Kier molecular flexibility index (Phi) is 5.66. The van der Waals surface area contributed by atoms with Crippen LogP contribution < -0.4 is 10.6 Å². The summed E-state index contributed by atoms with van der Waals surface area (Å²) in [5.41, 5.74) is 2.53. The SMILES string of the molecule is O=C(Cn1nc2c(c1NC(=O)Cc1ccc(F)cc1)CSC2)NCc1ccco1. The average molecular weight is 414 g/mol. The zero-order chi connectivity index (χ0) is 20.2. The molecule has 0 saturated heterocycles. The Balaban J connectivity index is 1.43. The summed E-state index contributed by atoms with van der Waals surface area (Å²) in [6.07, 6.45) is 1.66. The molecule has 0 spiro atoms. The van der Waals surface area contributed by atoms with Gasteiger partial charge in [-0.1, -0.05) is 12.1 Å². The van der Waals surface area contributed by atoms with Gasteiger partial charge in [0.15, 0.2) is 0 Å². The summed E-state index contributed by atoms with van der Waals surface area (Å²) < 4.78 is 19.8. The molecule has 0 radical (unpaired) electrons. The van der Waals surface area contributed by atoms with Crippen LogP contribution in [-0.2, 0) is 40.6 Å². The normalized spacial score (nSPS) is 12.6. The Labute approximate surface area is 170 Å². The minimum atomic E-state index is -0.345. The van der Waals surface area contributed by atoms with E-state index in [-0.39, 0.29) is 37.1 Å². The standard InChI is InChI=1S/C20H19FN4O3S/c21-14-5-3-13(4-6-14)8-18(26)23-20-16-11-29-12-17(16)24-25(20)10-19(27)22-9-15-2-1-7-28-15/h1-7H,8-12H2,(H,22,27)(H,23,26). The van der Waals surface area contributed by atoms with E-state index in [1.165, 1.54) is 16.8 Å². The molecule has 0 saturated carbocycles. The van der Waals surface area contributed by atoms with Crippen molar-refractivity contribution in [3.05, 3.63) is 71.1 Å². The Morgan fingerprint density at radius 3 is 2.76 bits per heavy atom. The van der Waals surface area contributed by atoms with Crippen LogP contribution >= 0.6 is 11.8 Å². The second-order valence-corrected chi connectivity index (χ2v) is 7.62. The molecule has 7 nitrogen and oxygen atoms in total. The number of nitrogens with one attached hydrogen (secondary N) is 2. The number of aromatic nitrogens is 2. The number of fused-ring (bicyclic) bond motifs is 1. The number of hydrogen-bond donors (Lipinski definition) is 2. The van der Waals surface area contributed by atoms with Crippen LogP contribution in [0.1, 0.15) is 22.6 Å².